The predicted octanol–water partition coefficient (Wildman–Crippen LogP) is -0.942. The molecule has 440 valence electrons. The minimum absolute atomic E-state index is 0.0164. The van der Waals surface area contributed by atoms with Gasteiger partial charge in [0, 0.05) is 41.4 Å². The summed E-state index contributed by atoms with van der Waals surface area (Å²) in [6.45, 7) is 4.37. The molecule has 7 amide bonds. The van der Waals surface area contributed by atoms with Crippen molar-refractivity contribution in [2.75, 3.05) is 24.7 Å². The summed E-state index contributed by atoms with van der Waals surface area (Å²) >= 11 is 0. The van der Waals surface area contributed by atoms with E-state index in [1.807, 2.05) is 18.2 Å². The van der Waals surface area contributed by atoms with Crippen molar-refractivity contribution in [1.82, 2.24) is 42.2 Å². The summed E-state index contributed by atoms with van der Waals surface area (Å²) < 4.78 is 10.1. The van der Waals surface area contributed by atoms with E-state index in [9.17, 15) is 58.5 Å². The van der Waals surface area contributed by atoms with E-state index >= 15 is 0 Å². The van der Waals surface area contributed by atoms with Crippen molar-refractivity contribution in [1.29, 1.82) is 0 Å². The van der Waals surface area contributed by atoms with Gasteiger partial charge in [0.15, 0.2) is 6.10 Å². The van der Waals surface area contributed by atoms with E-state index in [0.29, 0.717) is 24.0 Å². The van der Waals surface area contributed by atoms with E-state index in [1.165, 1.54) is 20.8 Å². The van der Waals surface area contributed by atoms with Gasteiger partial charge in [-0.05, 0) is 82.7 Å². The summed E-state index contributed by atoms with van der Waals surface area (Å²) in [4.78, 5) is 129. The molecule has 3 aromatic carbocycles. The zero-order chi connectivity index (χ0) is 59.2. The third-order valence-electron chi connectivity index (χ3n) is 13.0. The molecule has 0 spiro atoms. The lowest BCUT2D eigenvalue weighted by Crippen LogP contribution is -2.62. The number of rotatable bonds is 21. The molecule has 1 saturated heterocycles. The molecule has 5 rings (SSSR count). The Balaban J connectivity index is 1.54. The largest absolute Gasteiger partial charge is 0.461 e. The normalized spacial score (nSPS) is 22.1. The van der Waals surface area contributed by atoms with Crippen molar-refractivity contribution in [3.05, 3.63) is 108 Å². The van der Waals surface area contributed by atoms with Gasteiger partial charge >= 0.3 is 11.9 Å². The van der Waals surface area contributed by atoms with Gasteiger partial charge in [-0.25, -0.2) is 9.59 Å². The number of fused-ring (bicyclic) bond motifs is 1. The van der Waals surface area contributed by atoms with E-state index in [4.69, 9.17) is 20.9 Å². The lowest BCUT2D eigenvalue weighted by molar-refractivity contribution is -0.172. The number of nitrogens with one attached hydrogen (secondary N) is 8. The Morgan fingerprint density at radius 3 is 1.93 bits per heavy atom. The van der Waals surface area contributed by atoms with Crippen LogP contribution in [0.2, 0.25) is 0 Å². The van der Waals surface area contributed by atoms with Crippen LogP contribution in [0.1, 0.15) is 63.6 Å². The average molecular weight is 1160 g/mol. The number of para-hydroxylation sites is 1. The lowest BCUT2D eigenvalue weighted by Gasteiger charge is -2.29. The number of aliphatic hydroxyl groups is 3. The number of aliphatic hydroxyl groups excluding tert-OH is 3. The fourth-order valence-electron chi connectivity index (χ4n) is 8.32. The zero-order valence-corrected chi connectivity index (χ0v) is 47.1. The van der Waals surface area contributed by atoms with E-state index < -0.39 is 133 Å². The first kappa shape index (κ1) is 64.7. The maximum absolute atomic E-state index is 14.8. The van der Waals surface area contributed by atoms with Crippen LogP contribution in [0, 0.1) is 0 Å². The van der Waals surface area contributed by atoms with Crippen molar-refractivity contribution < 1.29 is 67.9 Å². The molecule has 24 nitrogen and oxygen atoms in total. The number of aromatic amines is 1. The number of ether oxygens (including phenoxy) is 2. The van der Waals surface area contributed by atoms with E-state index in [1.54, 1.807) is 72.9 Å². The number of amides is 7. The Morgan fingerprint density at radius 2 is 1.28 bits per heavy atom. The monoisotopic (exact) mass is 1160 g/mol. The first-order chi connectivity index (χ1) is 38.6. The van der Waals surface area contributed by atoms with E-state index in [2.05, 4.69) is 42.2 Å². The molecule has 1 fully saturated rings. The molecule has 81 heavy (non-hydrogen) atoms. The Morgan fingerprint density at radius 1 is 0.691 bits per heavy atom. The summed E-state index contributed by atoms with van der Waals surface area (Å²) in [5, 5.41) is 50.7. The van der Waals surface area contributed by atoms with Crippen molar-refractivity contribution >= 4 is 85.8 Å². The van der Waals surface area contributed by atoms with Gasteiger partial charge in [-0.1, -0.05) is 100 Å². The molecule has 26 heteroatoms. The molecule has 0 radical (unpaired) electrons. The number of hydrogen-bond acceptors (Lipinski definition) is 18. The number of aromatic nitrogens is 1. The lowest BCUT2D eigenvalue weighted by atomic mass is 10.0. The van der Waals surface area contributed by atoms with E-state index in [-0.39, 0.29) is 43.7 Å². The van der Waals surface area contributed by atoms with Gasteiger partial charge in [0.25, 0.3) is 0 Å². The number of H-pyrrole nitrogens is 1. The maximum Gasteiger partial charge on any atom is 0.347 e. The first-order valence-corrected chi connectivity index (χ1v) is 29.0. The molecule has 8 unspecified atom stereocenters. The highest BCUT2D eigenvalue weighted by molar-refractivity contribution is 8.76. The molecular formula is C55H74N10O14S2. The Labute approximate surface area is 476 Å². The molecular weight excluding hydrogens is 1090 g/mol. The van der Waals surface area contributed by atoms with Gasteiger partial charge in [0.05, 0.1) is 24.3 Å². The van der Waals surface area contributed by atoms with Gasteiger partial charge in [0.2, 0.25) is 41.4 Å². The Hall–Kier alpha value is -7.07. The molecule has 15 N–H and O–H groups in total. The Kier molecular flexibility index (Phi) is 25.9. The van der Waals surface area contributed by atoms with Gasteiger partial charge < -0.3 is 78.5 Å². The second kappa shape index (κ2) is 32.4. The summed E-state index contributed by atoms with van der Waals surface area (Å²) in [5.74, 6) is -8.81. The highest BCUT2D eigenvalue weighted by Crippen LogP contribution is 2.25. The summed E-state index contributed by atoms with van der Waals surface area (Å²) in [6.07, 6.45) is -3.75. The topological polar surface area (TPSA) is 385 Å². The fourth-order valence-corrected chi connectivity index (χ4v) is 10.6. The van der Waals surface area contributed by atoms with Crippen LogP contribution in [0.3, 0.4) is 0 Å². The van der Waals surface area contributed by atoms with Crippen LogP contribution in [-0.4, -0.2) is 171 Å². The second-order valence-corrected chi connectivity index (χ2v) is 22.2. The fraction of sp³-hybridized carbons (Fsp3) is 0.473. The maximum atomic E-state index is 14.8. The quantitative estimate of drug-likeness (QED) is 0.0272. The molecule has 2 heterocycles. The molecule has 1 aliphatic rings. The summed E-state index contributed by atoms with van der Waals surface area (Å²) in [5.41, 5.74) is 14.9. The summed E-state index contributed by atoms with van der Waals surface area (Å²) in [6, 6.07) is 13.6. The molecule has 1 aromatic heterocycles. The van der Waals surface area contributed by atoms with Gasteiger partial charge in [0.1, 0.15) is 49.0 Å². The third-order valence-corrected chi connectivity index (χ3v) is 15.4. The van der Waals surface area contributed by atoms with Gasteiger partial charge in [-0.2, -0.15) is 0 Å². The summed E-state index contributed by atoms with van der Waals surface area (Å²) in [7, 11) is 1.93. The number of nitrogens with two attached hydrogens (primary N) is 2. The second-order valence-electron chi connectivity index (χ2n) is 19.7. The van der Waals surface area contributed by atoms with E-state index in [0.717, 1.165) is 45.0 Å². The van der Waals surface area contributed by atoms with Crippen molar-refractivity contribution in [2.24, 2.45) is 11.5 Å². The molecule has 0 saturated carbocycles. The number of hydrogen-bond donors (Lipinski definition) is 13. The van der Waals surface area contributed by atoms with Crippen molar-refractivity contribution in [3.8, 4) is 0 Å². The van der Waals surface area contributed by atoms with Crippen LogP contribution < -0.4 is 48.7 Å². The van der Waals surface area contributed by atoms with Gasteiger partial charge in [-0.15, -0.1) is 0 Å². The van der Waals surface area contributed by atoms with Crippen molar-refractivity contribution in [2.45, 2.75) is 139 Å². The highest BCUT2D eigenvalue weighted by atomic mass is 33.1. The average Bonchev–Trinajstić information content (AvgIpc) is 4.13. The number of carbonyl (C=O) groups excluding carboxylic acids is 9. The smallest absolute Gasteiger partial charge is 0.347 e. The van der Waals surface area contributed by atoms with Crippen LogP contribution in [0.25, 0.3) is 10.9 Å². The molecule has 0 bridgehead atoms. The standard InChI is InChI=1S/C55H74N10O14S2/c1-30(66)43(27-78-55(77)33(4)79-54(76)32(3)68)62-52(74)45-29-81-80-28-44(63-47(69)38(57)23-34-15-7-5-8-16-34)51(73)60-41(24-35-17-9-6-10-18-35)49(71)61-42(25-36-26-58-39-20-12-11-19-37(36)39)50(72)59-40(21-13-14-22-56)48(70)65-46(31(2)67)53(75)64-45/h5-12,15-20,26,30-33,38,40-46,58,66-68H,13-14,21-25,27-29,56-57H2,1-4H3,(H,59,72)(H,60,73)(H,61,71)(H,62,74)(H,63,69)(H,64,75)(H,65,70)/t30-,31-,32+,33+,38?,40?,41?,42?,43?,44?,45?,46?/m1/s1. The van der Waals surface area contributed by atoms with Crippen molar-refractivity contribution in [3.63, 3.8) is 0 Å². The van der Waals surface area contributed by atoms with Crippen LogP contribution >= 0.6 is 21.6 Å². The number of carbonyl (C=O) groups is 9. The Bertz CT molecular complexity index is 2750. The molecule has 0 aliphatic carbocycles. The van der Waals surface area contributed by atoms with Crippen LogP contribution in [0.4, 0.5) is 0 Å². The highest BCUT2D eigenvalue weighted by Gasteiger charge is 2.37. The molecule has 4 aromatic rings. The molecule has 12 atom stereocenters. The van der Waals surface area contributed by atoms with Crippen LogP contribution in [0.5, 0.6) is 0 Å². The number of benzene rings is 3. The third kappa shape index (κ3) is 20.5. The zero-order valence-electron chi connectivity index (χ0n) is 45.5. The van der Waals surface area contributed by atoms with Crippen LogP contribution in [-0.2, 0) is 71.9 Å². The van der Waals surface area contributed by atoms with Gasteiger partial charge in [-0.3, -0.25) is 33.6 Å². The minimum atomic E-state index is -1.76. The van der Waals surface area contributed by atoms with Crippen LogP contribution in [0.15, 0.2) is 91.1 Å². The number of esters is 2. The molecule has 1 aliphatic heterocycles. The predicted molar refractivity (Wildman–Crippen MR) is 303 cm³/mol. The minimum Gasteiger partial charge on any atom is -0.461 e. The number of unbranched alkanes of at least 4 members (excludes halogenated alkanes) is 1. The first-order valence-electron chi connectivity index (χ1n) is 26.5. The SMILES string of the molecule is C[C@H](O)C(=O)O[C@@H](C)C(=O)OCC(NC(=O)C1CSSCC(NC(=O)C(N)Cc2ccccc2)C(=O)NC(Cc2ccccc2)C(=O)NC(Cc2c[nH]c3ccccc23)C(=O)NC(CCCCN)C(=O)NC([C@@H](C)O)C(=O)N1)[C@@H](C)O.